The van der Waals surface area contributed by atoms with Crippen LogP contribution < -0.4 is 11.1 Å². The van der Waals surface area contributed by atoms with Gasteiger partial charge in [-0.25, -0.2) is 0 Å². The van der Waals surface area contributed by atoms with Gasteiger partial charge in [0, 0.05) is 19.7 Å². The van der Waals surface area contributed by atoms with E-state index < -0.39 is 6.04 Å². The van der Waals surface area contributed by atoms with Crippen LogP contribution in [0.2, 0.25) is 0 Å². The van der Waals surface area contributed by atoms with Gasteiger partial charge in [-0.2, -0.15) is 0 Å². The molecule has 0 bridgehead atoms. The fourth-order valence-electron chi connectivity index (χ4n) is 2.52. The number of ether oxygens (including phenoxy) is 1. The van der Waals surface area contributed by atoms with Crippen LogP contribution in [-0.2, 0) is 14.3 Å². The van der Waals surface area contributed by atoms with Crippen LogP contribution in [0.15, 0.2) is 0 Å². The predicted molar refractivity (Wildman–Crippen MR) is 91.3 cm³/mol. The highest BCUT2D eigenvalue weighted by atomic mass is 35.5. The predicted octanol–water partition coefficient (Wildman–Crippen LogP) is 0.925. The van der Waals surface area contributed by atoms with Crippen molar-refractivity contribution in [2.45, 2.75) is 51.7 Å². The molecule has 6 nitrogen and oxygen atoms in total. The minimum absolute atomic E-state index is 0. The summed E-state index contributed by atoms with van der Waals surface area (Å²) in [6.07, 6.45) is 4.66. The molecule has 2 aliphatic rings. The molecule has 0 aromatic carbocycles. The third kappa shape index (κ3) is 6.65. The van der Waals surface area contributed by atoms with Crippen molar-refractivity contribution in [2.24, 2.45) is 17.6 Å². The topological polar surface area (TPSA) is 84.7 Å². The summed E-state index contributed by atoms with van der Waals surface area (Å²) < 4.78 is 5.87. The van der Waals surface area contributed by atoms with Crippen LogP contribution in [0.25, 0.3) is 0 Å². The van der Waals surface area contributed by atoms with E-state index in [1.165, 1.54) is 12.8 Å². The summed E-state index contributed by atoms with van der Waals surface area (Å²) in [6.45, 7) is 6.10. The first-order valence-corrected chi connectivity index (χ1v) is 8.40. The molecule has 1 saturated carbocycles. The van der Waals surface area contributed by atoms with Gasteiger partial charge in [0.1, 0.15) is 0 Å². The minimum Gasteiger partial charge on any atom is -0.378 e. The molecule has 0 aromatic rings. The van der Waals surface area contributed by atoms with Gasteiger partial charge in [-0.05, 0) is 37.5 Å². The molecule has 1 aliphatic heterocycles. The molecular formula is C16H30ClN3O3. The standard InChI is InChI=1S/C16H29N3O3.ClH/c1-11(2)15(17)16(21)18-9-14(20)19-7-5-13(6-8-19)22-10-12-3-4-12;/h11-13,15H,3-10,17H2,1-2H3,(H,18,21);1H/t15-;/m0./s1. The number of nitrogens with zero attached hydrogens (tertiary/aromatic N) is 1. The fraction of sp³-hybridized carbons (Fsp3) is 0.875. The summed E-state index contributed by atoms with van der Waals surface area (Å²) in [5.41, 5.74) is 5.75. The van der Waals surface area contributed by atoms with E-state index in [4.69, 9.17) is 10.5 Å². The van der Waals surface area contributed by atoms with E-state index in [0.717, 1.165) is 25.4 Å². The summed E-state index contributed by atoms with van der Waals surface area (Å²) in [6, 6.07) is -0.561. The molecule has 1 heterocycles. The Morgan fingerprint density at radius 3 is 2.35 bits per heavy atom. The Bertz CT molecular complexity index is 394. The lowest BCUT2D eigenvalue weighted by atomic mass is 10.1. The first kappa shape index (κ1) is 20.2. The number of amides is 2. The fourth-order valence-corrected chi connectivity index (χ4v) is 2.52. The molecule has 0 radical (unpaired) electrons. The third-order valence-corrected chi connectivity index (χ3v) is 4.49. The molecule has 2 rings (SSSR count). The number of likely N-dealkylation sites (tertiary alicyclic amines) is 1. The van der Waals surface area contributed by atoms with Crippen LogP contribution in [0, 0.1) is 11.8 Å². The van der Waals surface area contributed by atoms with Crippen LogP contribution in [0.1, 0.15) is 39.5 Å². The highest BCUT2D eigenvalue weighted by molar-refractivity contribution is 5.87. The second-order valence-corrected chi connectivity index (χ2v) is 6.84. The number of piperidine rings is 1. The normalized spacial score (nSPS) is 20.1. The molecule has 1 aliphatic carbocycles. The minimum atomic E-state index is -0.561. The van der Waals surface area contributed by atoms with Crippen molar-refractivity contribution in [1.82, 2.24) is 10.2 Å². The van der Waals surface area contributed by atoms with Crippen LogP contribution >= 0.6 is 12.4 Å². The zero-order valence-electron chi connectivity index (χ0n) is 14.1. The average molecular weight is 348 g/mol. The summed E-state index contributed by atoms with van der Waals surface area (Å²) in [5, 5.41) is 2.63. The van der Waals surface area contributed by atoms with E-state index >= 15 is 0 Å². The number of hydrogen-bond donors (Lipinski definition) is 2. The van der Waals surface area contributed by atoms with Gasteiger partial charge < -0.3 is 20.7 Å². The Hall–Kier alpha value is -0.850. The molecule has 23 heavy (non-hydrogen) atoms. The number of carbonyl (C=O) groups is 2. The molecule has 7 heteroatoms. The first-order valence-electron chi connectivity index (χ1n) is 8.40. The van der Waals surface area contributed by atoms with Gasteiger partial charge in [0.05, 0.1) is 18.7 Å². The van der Waals surface area contributed by atoms with Crippen molar-refractivity contribution in [3.63, 3.8) is 0 Å². The van der Waals surface area contributed by atoms with E-state index in [9.17, 15) is 9.59 Å². The van der Waals surface area contributed by atoms with Crippen molar-refractivity contribution >= 4 is 24.2 Å². The zero-order chi connectivity index (χ0) is 16.1. The van der Waals surface area contributed by atoms with Crippen LogP contribution in [0.5, 0.6) is 0 Å². The van der Waals surface area contributed by atoms with Crippen molar-refractivity contribution in [3.05, 3.63) is 0 Å². The monoisotopic (exact) mass is 347 g/mol. The number of hydrogen-bond acceptors (Lipinski definition) is 4. The Labute approximate surface area is 144 Å². The molecule has 0 spiro atoms. The Kier molecular flexibility index (Phi) is 8.29. The average Bonchev–Trinajstić information content (AvgIpc) is 3.34. The molecule has 0 unspecified atom stereocenters. The Balaban J connectivity index is 0.00000264. The molecule has 2 amide bonds. The number of nitrogens with one attached hydrogen (secondary N) is 1. The lowest BCUT2D eigenvalue weighted by Crippen LogP contribution is -2.49. The second kappa shape index (κ2) is 9.45. The molecular weight excluding hydrogens is 318 g/mol. The highest BCUT2D eigenvalue weighted by Gasteiger charge is 2.27. The highest BCUT2D eigenvalue weighted by Crippen LogP contribution is 2.30. The van der Waals surface area contributed by atoms with Crippen molar-refractivity contribution in [2.75, 3.05) is 26.2 Å². The van der Waals surface area contributed by atoms with Gasteiger partial charge in [-0.1, -0.05) is 13.8 Å². The SMILES string of the molecule is CC(C)[C@H](N)C(=O)NCC(=O)N1CCC(OCC2CC2)CC1.Cl. The smallest absolute Gasteiger partial charge is 0.241 e. The van der Waals surface area contributed by atoms with Gasteiger partial charge >= 0.3 is 0 Å². The summed E-state index contributed by atoms with van der Waals surface area (Å²) in [5.74, 6) is 0.547. The van der Waals surface area contributed by atoms with Crippen LogP contribution in [-0.4, -0.2) is 55.1 Å². The Morgan fingerprint density at radius 2 is 1.83 bits per heavy atom. The number of carbonyl (C=O) groups excluding carboxylic acids is 2. The molecule has 1 saturated heterocycles. The number of rotatable bonds is 7. The number of halogens is 1. The first-order chi connectivity index (χ1) is 10.5. The lowest BCUT2D eigenvalue weighted by molar-refractivity contribution is -0.135. The molecule has 134 valence electrons. The summed E-state index contributed by atoms with van der Waals surface area (Å²) in [4.78, 5) is 25.7. The van der Waals surface area contributed by atoms with Crippen molar-refractivity contribution in [1.29, 1.82) is 0 Å². The van der Waals surface area contributed by atoms with E-state index in [1.54, 1.807) is 4.90 Å². The van der Waals surface area contributed by atoms with Gasteiger partial charge in [0.15, 0.2) is 0 Å². The van der Waals surface area contributed by atoms with Gasteiger partial charge in [-0.3, -0.25) is 9.59 Å². The van der Waals surface area contributed by atoms with Crippen LogP contribution in [0.4, 0.5) is 0 Å². The van der Waals surface area contributed by atoms with E-state index in [2.05, 4.69) is 5.32 Å². The van der Waals surface area contributed by atoms with Crippen molar-refractivity contribution in [3.8, 4) is 0 Å². The van der Waals surface area contributed by atoms with E-state index in [0.29, 0.717) is 13.1 Å². The molecule has 1 atom stereocenters. The maximum atomic E-state index is 12.1. The van der Waals surface area contributed by atoms with Gasteiger partial charge in [0.25, 0.3) is 0 Å². The van der Waals surface area contributed by atoms with Crippen LogP contribution in [0.3, 0.4) is 0 Å². The molecule has 2 fully saturated rings. The quantitative estimate of drug-likeness (QED) is 0.717. The van der Waals surface area contributed by atoms with Crippen molar-refractivity contribution < 1.29 is 14.3 Å². The summed E-state index contributed by atoms with van der Waals surface area (Å²) in [7, 11) is 0. The van der Waals surface area contributed by atoms with Gasteiger partial charge in [-0.15, -0.1) is 12.4 Å². The summed E-state index contributed by atoms with van der Waals surface area (Å²) >= 11 is 0. The maximum absolute atomic E-state index is 12.1. The van der Waals surface area contributed by atoms with E-state index in [-0.39, 0.29) is 42.8 Å². The van der Waals surface area contributed by atoms with E-state index in [1.807, 2.05) is 13.8 Å². The largest absolute Gasteiger partial charge is 0.378 e. The second-order valence-electron chi connectivity index (χ2n) is 6.84. The lowest BCUT2D eigenvalue weighted by Gasteiger charge is -2.32. The van der Waals surface area contributed by atoms with Gasteiger partial charge in [0.2, 0.25) is 11.8 Å². The third-order valence-electron chi connectivity index (χ3n) is 4.49. The molecule has 3 N–H and O–H groups in total. The zero-order valence-corrected chi connectivity index (χ0v) is 14.9. The number of nitrogens with two attached hydrogens (primary N) is 1. The Morgan fingerprint density at radius 1 is 1.22 bits per heavy atom. The molecule has 0 aromatic heterocycles. The maximum Gasteiger partial charge on any atom is 0.241 e.